The van der Waals surface area contributed by atoms with Gasteiger partial charge in [0.15, 0.2) is 6.10 Å². The molecule has 0 aromatic heterocycles. The van der Waals surface area contributed by atoms with Gasteiger partial charge >= 0.3 is 12.2 Å². The van der Waals surface area contributed by atoms with E-state index in [1.54, 1.807) is 30.3 Å². The van der Waals surface area contributed by atoms with E-state index in [0.717, 1.165) is 11.1 Å². The highest BCUT2D eigenvalue weighted by Crippen LogP contribution is 2.40. The van der Waals surface area contributed by atoms with E-state index in [2.05, 4.69) is 10.6 Å². The lowest BCUT2D eigenvalue weighted by atomic mass is 9.97. The van der Waals surface area contributed by atoms with Crippen molar-refractivity contribution in [1.29, 1.82) is 0 Å². The molecule has 3 aromatic rings. The van der Waals surface area contributed by atoms with Gasteiger partial charge in [-0.05, 0) is 62.1 Å². The Morgan fingerprint density at radius 3 is 2.38 bits per heavy atom. The fraction of sp³-hybridized carbons (Fsp3) is 0.344. The van der Waals surface area contributed by atoms with E-state index < -0.39 is 64.0 Å². The third kappa shape index (κ3) is 8.34. The molecule has 1 fully saturated rings. The van der Waals surface area contributed by atoms with Crippen LogP contribution in [0.1, 0.15) is 36.1 Å². The van der Waals surface area contributed by atoms with E-state index >= 15 is 0 Å². The average molecular weight is 647 g/mol. The molecule has 0 bridgehead atoms. The number of benzene rings is 3. The van der Waals surface area contributed by atoms with E-state index in [1.165, 1.54) is 16.7 Å². The summed E-state index contributed by atoms with van der Waals surface area (Å²) in [7, 11) is 0. The molecular formula is C32H34F4N4O4S. The Balaban J connectivity index is 1.54. The molecule has 4 amide bonds. The molecule has 0 spiro atoms. The van der Waals surface area contributed by atoms with Gasteiger partial charge in [0.1, 0.15) is 11.9 Å². The van der Waals surface area contributed by atoms with Gasteiger partial charge in [0, 0.05) is 11.3 Å². The molecule has 13 heteroatoms. The topological polar surface area (TPSA) is 111 Å². The number of alkyl halides is 3. The molecule has 8 nitrogen and oxygen atoms in total. The molecule has 0 radical (unpaired) electrons. The lowest BCUT2D eigenvalue weighted by molar-refractivity contribution is -0.147. The van der Waals surface area contributed by atoms with Crippen LogP contribution in [0.15, 0.2) is 72.8 Å². The van der Waals surface area contributed by atoms with Crippen LogP contribution in [0.2, 0.25) is 0 Å². The molecule has 3 atom stereocenters. The highest BCUT2D eigenvalue weighted by Gasteiger charge is 2.49. The first-order valence-corrected chi connectivity index (χ1v) is 15.1. The normalized spacial score (nSPS) is 17.3. The maximum Gasteiger partial charge on any atom is 0.416 e. The number of nitrogens with zero attached hydrogens (tertiary/aromatic N) is 1. The predicted octanol–water partition coefficient (Wildman–Crippen LogP) is 5.24. The van der Waals surface area contributed by atoms with Gasteiger partial charge in [-0.2, -0.15) is 13.2 Å². The van der Waals surface area contributed by atoms with E-state index in [4.69, 9.17) is 0 Å². The molecule has 240 valence electrons. The number of aliphatic hydroxyl groups is 1. The van der Waals surface area contributed by atoms with Gasteiger partial charge < -0.3 is 26.0 Å². The van der Waals surface area contributed by atoms with Crippen molar-refractivity contribution in [3.8, 4) is 0 Å². The summed E-state index contributed by atoms with van der Waals surface area (Å²) in [6.07, 6.45) is -6.69. The molecule has 1 aliphatic rings. The van der Waals surface area contributed by atoms with Crippen molar-refractivity contribution in [2.75, 3.05) is 11.2 Å². The summed E-state index contributed by atoms with van der Waals surface area (Å²) >= 11 is 1.35. The fourth-order valence-corrected chi connectivity index (χ4v) is 6.22. The second kappa shape index (κ2) is 13.9. The maximum atomic E-state index is 14.3. The Morgan fingerprint density at radius 2 is 1.71 bits per heavy atom. The summed E-state index contributed by atoms with van der Waals surface area (Å²) in [5.74, 6) is -2.26. The van der Waals surface area contributed by atoms with E-state index in [-0.39, 0.29) is 18.8 Å². The number of anilines is 1. The lowest BCUT2D eigenvalue weighted by Gasteiger charge is -2.33. The van der Waals surface area contributed by atoms with E-state index in [0.29, 0.717) is 23.8 Å². The molecule has 0 saturated carbocycles. The van der Waals surface area contributed by atoms with Crippen LogP contribution in [0.25, 0.3) is 0 Å². The minimum absolute atomic E-state index is 0.0548. The minimum atomic E-state index is -4.77. The van der Waals surface area contributed by atoms with Crippen LogP contribution in [0, 0.1) is 12.7 Å². The number of nitrogens with one attached hydrogen (secondary N) is 3. The largest absolute Gasteiger partial charge is 0.416 e. The Morgan fingerprint density at radius 1 is 1.04 bits per heavy atom. The predicted molar refractivity (Wildman–Crippen MR) is 164 cm³/mol. The quantitative estimate of drug-likeness (QED) is 0.238. The van der Waals surface area contributed by atoms with Crippen LogP contribution in [0.3, 0.4) is 0 Å². The van der Waals surface area contributed by atoms with Crippen molar-refractivity contribution in [3.63, 3.8) is 0 Å². The highest BCUT2D eigenvalue weighted by molar-refractivity contribution is 8.00. The van der Waals surface area contributed by atoms with Gasteiger partial charge in [-0.25, -0.2) is 9.18 Å². The van der Waals surface area contributed by atoms with Gasteiger partial charge in [-0.1, -0.05) is 54.6 Å². The molecular weight excluding hydrogens is 612 g/mol. The van der Waals surface area contributed by atoms with Crippen LogP contribution < -0.4 is 16.0 Å². The Kier molecular flexibility index (Phi) is 10.4. The summed E-state index contributed by atoms with van der Waals surface area (Å²) in [6, 6.07) is 14.3. The third-order valence-electron chi connectivity index (χ3n) is 7.58. The van der Waals surface area contributed by atoms with Crippen molar-refractivity contribution in [2.24, 2.45) is 0 Å². The summed E-state index contributed by atoms with van der Waals surface area (Å²) in [6.45, 7) is 5.77. The maximum absolute atomic E-state index is 14.3. The molecule has 1 aliphatic heterocycles. The molecule has 0 aliphatic carbocycles. The Bertz CT molecular complexity index is 1540. The molecule has 3 aromatic carbocycles. The Labute approximate surface area is 262 Å². The van der Waals surface area contributed by atoms with Crippen LogP contribution >= 0.6 is 11.8 Å². The van der Waals surface area contributed by atoms with Crippen molar-refractivity contribution >= 4 is 35.3 Å². The summed E-state index contributed by atoms with van der Waals surface area (Å²) < 4.78 is 53.1. The molecule has 4 rings (SSSR count). The number of amides is 4. The number of urea groups is 1. The first-order valence-electron chi connectivity index (χ1n) is 14.1. The van der Waals surface area contributed by atoms with Gasteiger partial charge in [-0.15, -0.1) is 11.8 Å². The second-order valence-electron chi connectivity index (χ2n) is 11.3. The van der Waals surface area contributed by atoms with Crippen LogP contribution in [0.4, 0.5) is 28.0 Å². The number of carbonyl (C=O) groups excluding carboxylic acids is 3. The SMILES string of the molecule is Cc1ccccc1CNC(=O)C1N(C(=O)C(O)C(Cc2ccccc2)NC(=O)Nc2cc(C(F)(F)F)ccc2F)CSC1(C)C. The molecule has 4 N–H and O–H groups in total. The number of thioether (sulfide) groups is 1. The van der Waals surface area contributed by atoms with Crippen LogP contribution in [-0.2, 0) is 28.7 Å². The third-order valence-corrected chi connectivity index (χ3v) is 8.96. The van der Waals surface area contributed by atoms with Gasteiger partial charge in [0.2, 0.25) is 5.91 Å². The summed E-state index contributed by atoms with van der Waals surface area (Å²) in [4.78, 5) is 41.4. The first kappa shape index (κ1) is 33.8. The summed E-state index contributed by atoms with van der Waals surface area (Å²) in [5, 5.41) is 18.7. The van der Waals surface area contributed by atoms with Gasteiger partial charge in [0.05, 0.1) is 23.2 Å². The zero-order valence-electron chi connectivity index (χ0n) is 24.8. The fourth-order valence-electron chi connectivity index (χ4n) is 5.08. The number of hydrogen-bond acceptors (Lipinski definition) is 5. The average Bonchev–Trinajstić information content (AvgIpc) is 3.31. The lowest BCUT2D eigenvalue weighted by Crippen LogP contribution is -2.59. The molecule has 1 saturated heterocycles. The van der Waals surface area contributed by atoms with Crippen molar-refractivity contribution < 1.29 is 37.1 Å². The van der Waals surface area contributed by atoms with Crippen molar-refractivity contribution in [3.05, 3.63) is 101 Å². The zero-order chi connectivity index (χ0) is 32.9. The number of aliphatic hydroxyl groups excluding tert-OH is 1. The molecule has 1 heterocycles. The van der Waals surface area contributed by atoms with Crippen molar-refractivity contribution in [2.45, 2.75) is 62.8 Å². The standard InChI is InChI=1S/C32H34F4N4O4S/c1-19-9-7-8-12-21(19)17-37-28(42)27-31(2,3)45-18-40(27)29(43)26(41)25(15-20-10-5-4-6-11-20)39-30(44)38-24-16-22(32(34,35)36)13-14-23(24)33/h4-14,16,25-27,41H,15,17-18H2,1-3H3,(H,37,42)(H2,38,39,44). The molecule has 45 heavy (non-hydrogen) atoms. The minimum Gasteiger partial charge on any atom is -0.381 e. The monoisotopic (exact) mass is 646 g/mol. The zero-order valence-corrected chi connectivity index (χ0v) is 25.6. The summed E-state index contributed by atoms with van der Waals surface area (Å²) in [5.41, 5.74) is 0.617. The number of carbonyl (C=O) groups is 3. The molecule has 3 unspecified atom stereocenters. The Hall–Kier alpha value is -4.10. The van der Waals surface area contributed by atoms with Crippen molar-refractivity contribution in [1.82, 2.24) is 15.5 Å². The highest BCUT2D eigenvalue weighted by atomic mass is 32.2. The van der Waals surface area contributed by atoms with Gasteiger partial charge in [-0.3, -0.25) is 9.59 Å². The number of aryl methyl sites for hydroxylation is 1. The first-order chi connectivity index (χ1) is 21.2. The van der Waals surface area contributed by atoms with Gasteiger partial charge in [0.25, 0.3) is 5.91 Å². The number of halogens is 4. The van der Waals surface area contributed by atoms with E-state index in [9.17, 15) is 37.1 Å². The number of hydrogen-bond donors (Lipinski definition) is 4. The number of rotatable bonds is 9. The second-order valence-corrected chi connectivity index (χ2v) is 12.9. The van der Waals surface area contributed by atoms with E-state index in [1.807, 2.05) is 50.4 Å². The smallest absolute Gasteiger partial charge is 0.381 e. The van der Waals surface area contributed by atoms with Crippen LogP contribution in [-0.4, -0.2) is 56.7 Å². The van der Waals surface area contributed by atoms with Crippen LogP contribution in [0.5, 0.6) is 0 Å².